The van der Waals surface area contributed by atoms with E-state index in [9.17, 15) is 39.8 Å². The first-order chi connectivity index (χ1) is 26.5. The highest BCUT2D eigenvalue weighted by atomic mass is 16.7. The molecular weight excluding hydrogens is 742 g/mol. The smallest absolute Gasteiger partial charge is 0.407 e. The van der Waals surface area contributed by atoms with E-state index in [1.807, 2.05) is 6.08 Å². The highest BCUT2D eigenvalue weighted by Crippen LogP contribution is 2.31. The molecule has 8 N–H and O–H groups in total. The predicted molar refractivity (Wildman–Crippen MR) is 197 cm³/mol. The summed E-state index contributed by atoms with van der Waals surface area (Å²) in [4.78, 5) is 49.3. The Kier molecular flexibility index (Phi) is 18.6. The van der Waals surface area contributed by atoms with Crippen LogP contribution in [-0.4, -0.2) is 137 Å². The lowest BCUT2D eigenvalue weighted by atomic mass is 9.83. The molecule has 2 aliphatic rings. The second-order valence-corrected chi connectivity index (χ2v) is 14.2. The molecule has 1 heterocycles. The lowest BCUT2D eigenvalue weighted by Crippen LogP contribution is -2.67. The van der Waals surface area contributed by atoms with Gasteiger partial charge >= 0.3 is 12.2 Å². The Morgan fingerprint density at radius 1 is 1.05 bits per heavy atom. The van der Waals surface area contributed by atoms with Crippen LogP contribution in [0.3, 0.4) is 0 Å². The summed E-state index contributed by atoms with van der Waals surface area (Å²) in [5, 5.41) is 64.3. The van der Waals surface area contributed by atoms with Crippen molar-refractivity contribution in [3.8, 4) is 0 Å². The van der Waals surface area contributed by atoms with Crippen LogP contribution in [0.5, 0.6) is 0 Å². The third-order valence-electron chi connectivity index (χ3n) is 8.57. The van der Waals surface area contributed by atoms with Gasteiger partial charge in [-0.3, -0.25) is 14.9 Å². The summed E-state index contributed by atoms with van der Waals surface area (Å²) in [5.74, 6) is -0.433. The van der Waals surface area contributed by atoms with Crippen LogP contribution in [-0.2, 0) is 39.8 Å². The van der Waals surface area contributed by atoms with Crippen molar-refractivity contribution in [1.82, 2.24) is 21.3 Å². The number of non-ortho nitro benzene ring substituents is 1. The first-order valence-electron chi connectivity index (χ1n) is 18.6. The minimum Gasteiger partial charge on any atom is -0.468 e. The summed E-state index contributed by atoms with van der Waals surface area (Å²) >= 11 is 0. The monoisotopic (exact) mass is 799 g/mol. The first-order valence-corrected chi connectivity index (χ1v) is 18.6. The van der Waals surface area contributed by atoms with Gasteiger partial charge in [0.2, 0.25) is 0 Å². The maximum atomic E-state index is 13.4. The number of rotatable bonds is 20. The van der Waals surface area contributed by atoms with Gasteiger partial charge in [0.25, 0.3) is 11.6 Å². The van der Waals surface area contributed by atoms with Gasteiger partial charge in [-0.2, -0.15) is 0 Å². The van der Waals surface area contributed by atoms with E-state index in [2.05, 4.69) is 21.3 Å². The number of nitrogens with zero attached hydrogens (tertiary/aromatic N) is 1. The highest BCUT2D eigenvalue weighted by molar-refractivity contribution is 5.82. The number of nitrogens with one attached hydrogen (secondary N) is 4. The standard InChI is InChI=1S/C36H57N5O15/c1-6-26(43)33(51-7-2)55-31-24(39-32(46)27(44)19-38-34(47)56-36(3,4)5)17-25(40-35(48)52-20-21-11-13-22(14-12-21)41(49)50)30(29(31)45)54-28-10-8-9-23(53-28)18-37-15-16-42/h9,11-14,24-31,33,37,42-45H,6-8,10,15-20H2,1-5H3,(H,38,47)(H,39,46)(H,40,48)/t24-,25+,26-,27-,28-,29+,30-,31+,33-/m1/s1. The van der Waals surface area contributed by atoms with Gasteiger partial charge in [0.15, 0.2) is 12.6 Å². The number of allylic oxidation sites excluding steroid dienone is 1. The molecule has 20 nitrogen and oxygen atoms in total. The fourth-order valence-electron chi connectivity index (χ4n) is 5.84. The number of nitro groups is 1. The summed E-state index contributed by atoms with van der Waals surface area (Å²) in [6, 6.07) is 3.13. The molecule has 9 atom stereocenters. The van der Waals surface area contributed by atoms with E-state index >= 15 is 0 Å². The van der Waals surface area contributed by atoms with Crippen LogP contribution in [0.15, 0.2) is 36.1 Å². The molecule has 1 aliphatic carbocycles. The number of carbonyl (C=O) groups excluding carboxylic acids is 3. The molecule has 1 aliphatic heterocycles. The lowest BCUT2D eigenvalue weighted by molar-refractivity contribution is -0.384. The van der Waals surface area contributed by atoms with E-state index in [0.717, 1.165) is 0 Å². The van der Waals surface area contributed by atoms with Gasteiger partial charge in [-0.15, -0.1) is 0 Å². The number of carbonyl (C=O) groups is 3. The zero-order valence-corrected chi connectivity index (χ0v) is 32.4. The average Bonchev–Trinajstić information content (AvgIpc) is 3.15. The molecule has 3 amide bonds. The summed E-state index contributed by atoms with van der Waals surface area (Å²) < 4.78 is 34.7. The predicted octanol–water partition coefficient (Wildman–Crippen LogP) is 0.831. The van der Waals surface area contributed by atoms with E-state index in [0.29, 0.717) is 37.3 Å². The third-order valence-corrected chi connectivity index (χ3v) is 8.57. The minimum absolute atomic E-state index is 0.0824. The topological polar surface area (TPSA) is 279 Å². The SMILES string of the molecule is CCO[C@H](O[C@@H]1[C@@H](O)[C@H](O[C@@H]2CCC=C(CNCCO)O2)[C@@H](NC(=O)OCc2ccc([N+](=O)[O-])cc2)C[C@H]1NC(=O)[C@H](O)CNC(=O)OC(C)(C)C)[C@H](O)CC. The number of aliphatic hydroxyl groups is 4. The van der Waals surface area contributed by atoms with Crippen LogP contribution in [0.2, 0.25) is 0 Å². The van der Waals surface area contributed by atoms with Crippen molar-refractivity contribution < 1.29 is 68.2 Å². The molecule has 20 heteroatoms. The molecule has 1 aromatic rings. The van der Waals surface area contributed by atoms with Crippen molar-refractivity contribution in [2.45, 2.75) is 128 Å². The van der Waals surface area contributed by atoms with E-state index in [1.54, 1.807) is 34.6 Å². The Labute approximate surface area is 325 Å². The van der Waals surface area contributed by atoms with Gasteiger partial charge < -0.3 is 70.1 Å². The van der Waals surface area contributed by atoms with E-state index in [-0.39, 0.29) is 38.3 Å². The third kappa shape index (κ3) is 15.1. The number of aliphatic hydroxyl groups excluding tert-OH is 4. The number of ether oxygens (including phenoxy) is 6. The number of hydrogen-bond donors (Lipinski definition) is 8. The molecule has 0 aromatic heterocycles. The second-order valence-electron chi connectivity index (χ2n) is 14.2. The summed E-state index contributed by atoms with van der Waals surface area (Å²) in [7, 11) is 0. The Hall–Kier alpha value is -4.15. The Morgan fingerprint density at radius 2 is 1.75 bits per heavy atom. The van der Waals surface area contributed by atoms with Crippen LogP contribution in [0.4, 0.5) is 15.3 Å². The molecule has 316 valence electrons. The molecule has 0 saturated heterocycles. The zero-order valence-electron chi connectivity index (χ0n) is 32.4. The molecule has 0 bridgehead atoms. The van der Waals surface area contributed by atoms with Crippen molar-refractivity contribution >= 4 is 23.8 Å². The van der Waals surface area contributed by atoms with Gasteiger partial charge in [-0.25, -0.2) is 9.59 Å². The fourth-order valence-corrected chi connectivity index (χ4v) is 5.84. The van der Waals surface area contributed by atoms with E-state index in [1.165, 1.54) is 24.3 Å². The number of hydrogen-bond acceptors (Lipinski definition) is 16. The molecule has 3 rings (SSSR count). The van der Waals surface area contributed by atoms with Crippen LogP contribution in [0.1, 0.15) is 65.9 Å². The van der Waals surface area contributed by atoms with Gasteiger partial charge in [0, 0.05) is 31.7 Å². The summed E-state index contributed by atoms with van der Waals surface area (Å²) in [6.07, 6.45) is -8.39. The van der Waals surface area contributed by atoms with Gasteiger partial charge in [-0.1, -0.05) is 6.92 Å². The van der Waals surface area contributed by atoms with Crippen LogP contribution in [0.25, 0.3) is 0 Å². The van der Waals surface area contributed by atoms with Crippen LogP contribution < -0.4 is 21.3 Å². The van der Waals surface area contributed by atoms with Crippen molar-refractivity contribution in [2.75, 3.05) is 32.8 Å². The summed E-state index contributed by atoms with van der Waals surface area (Å²) in [5.41, 5.74) is -0.521. The Morgan fingerprint density at radius 3 is 2.38 bits per heavy atom. The number of benzene rings is 1. The molecule has 1 saturated carbocycles. The number of alkyl carbamates (subject to hydrolysis) is 2. The van der Waals surface area contributed by atoms with Crippen molar-refractivity contribution in [3.05, 3.63) is 51.8 Å². The molecular formula is C36H57N5O15. The van der Waals surface area contributed by atoms with Gasteiger partial charge in [0.05, 0.1) is 36.7 Å². The van der Waals surface area contributed by atoms with Crippen LogP contribution in [0, 0.1) is 10.1 Å². The molecule has 1 fully saturated rings. The Bertz CT molecular complexity index is 1440. The van der Waals surface area contributed by atoms with Gasteiger partial charge in [0.1, 0.15) is 48.5 Å². The highest BCUT2D eigenvalue weighted by Gasteiger charge is 2.50. The molecule has 0 unspecified atom stereocenters. The Balaban J connectivity index is 1.89. The van der Waals surface area contributed by atoms with E-state index in [4.69, 9.17) is 33.5 Å². The number of amides is 3. The minimum atomic E-state index is -1.78. The lowest BCUT2D eigenvalue weighted by Gasteiger charge is -2.46. The normalized spacial score (nSPS) is 24.1. The van der Waals surface area contributed by atoms with E-state index < -0.39 is 90.3 Å². The maximum Gasteiger partial charge on any atom is 0.407 e. The van der Waals surface area contributed by atoms with Crippen molar-refractivity contribution in [3.63, 3.8) is 0 Å². The largest absolute Gasteiger partial charge is 0.468 e. The maximum absolute atomic E-state index is 13.4. The summed E-state index contributed by atoms with van der Waals surface area (Å²) in [6.45, 7) is 8.18. The van der Waals surface area contributed by atoms with Crippen molar-refractivity contribution in [1.29, 1.82) is 0 Å². The quantitative estimate of drug-likeness (QED) is 0.0393. The fraction of sp³-hybridized carbons (Fsp3) is 0.694. The van der Waals surface area contributed by atoms with Crippen molar-refractivity contribution in [2.24, 2.45) is 0 Å². The second kappa shape index (κ2) is 22.6. The first kappa shape index (κ1) is 46.2. The van der Waals surface area contributed by atoms with Gasteiger partial charge in [-0.05, 0) is 70.7 Å². The molecule has 1 aromatic carbocycles. The van der Waals surface area contributed by atoms with Crippen LogP contribution >= 0.6 is 0 Å². The molecule has 56 heavy (non-hydrogen) atoms. The number of nitro benzene ring substituents is 1. The molecule has 0 spiro atoms. The molecule has 0 radical (unpaired) electrons. The zero-order chi connectivity index (χ0) is 41.4. The average molecular weight is 800 g/mol.